The van der Waals surface area contributed by atoms with Gasteiger partial charge in [-0.15, -0.1) is 22.7 Å². The van der Waals surface area contributed by atoms with Crippen LogP contribution in [0.2, 0.25) is 0 Å². The van der Waals surface area contributed by atoms with Crippen LogP contribution in [0, 0.1) is 41.5 Å². The van der Waals surface area contributed by atoms with Crippen LogP contribution in [0.5, 0.6) is 0 Å². The van der Waals surface area contributed by atoms with E-state index in [-0.39, 0.29) is 0 Å². The van der Waals surface area contributed by atoms with Crippen molar-refractivity contribution in [3.8, 4) is 0 Å². The van der Waals surface area contributed by atoms with Gasteiger partial charge in [-0.25, -0.2) is 0 Å². The third-order valence-corrected chi connectivity index (χ3v) is 6.83. The van der Waals surface area contributed by atoms with Gasteiger partial charge in [-0.2, -0.15) is 0 Å². The number of hydrogen-bond donors (Lipinski definition) is 0. The Balaban J connectivity index is 2.72. The molecule has 2 aromatic heterocycles. The maximum Gasteiger partial charge on any atom is 0.0440 e. The van der Waals surface area contributed by atoms with Gasteiger partial charge in [0.25, 0.3) is 0 Å². The molecule has 0 radical (unpaired) electrons. The summed E-state index contributed by atoms with van der Waals surface area (Å²) >= 11 is 3.92. The van der Waals surface area contributed by atoms with E-state index < -0.39 is 0 Å². The molecule has 0 N–H and O–H groups in total. The van der Waals surface area contributed by atoms with Gasteiger partial charge in [0.1, 0.15) is 0 Å². The first-order valence-electron chi connectivity index (χ1n) is 6.32. The van der Waals surface area contributed by atoms with Gasteiger partial charge in [-0.1, -0.05) is 0 Å². The summed E-state index contributed by atoms with van der Waals surface area (Å²) in [6.45, 7) is 13.6. The molecule has 0 unspecified atom stereocenters. The molecule has 2 heterocycles. The lowest BCUT2D eigenvalue weighted by Crippen LogP contribution is -1.85. The molecule has 0 spiro atoms. The van der Waals surface area contributed by atoms with Crippen molar-refractivity contribution in [3.05, 3.63) is 32.0 Å². The topological polar surface area (TPSA) is 0 Å². The molecule has 0 aliphatic rings. The van der Waals surface area contributed by atoms with Gasteiger partial charge in [0.05, 0.1) is 0 Å². The van der Waals surface area contributed by atoms with E-state index in [1.807, 2.05) is 22.7 Å². The Kier molecular flexibility index (Phi) is 2.58. The van der Waals surface area contributed by atoms with Crippen LogP contribution < -0.4 is 0 Å². The van der Waals surface area contributed by atoms with Gasteiger partial charge in [0.15, 0.2) is 0 Å². The first-order chi connectivity index (χ1) is 8.43. The maximum atomic E-state index is 2.28. The van der Waals surface area contributed by atoms with Gasteiger partial charge in [-0.05, 0) is 69.2 Å². The van der Waals surface area contributed by atoms with Gasteiger partial charge >= 0.3 is 0 Å². The Hall–Kier alpha value is -0.860. The zero-order valence-electron chi connectivity index (χ0n) is 11.8. The Morgan fingerprint density at radius 2 is 1.00 bits per heavy atom. The summed E-state index contributed by atoms with van der Waals surface area (Å²) in [4.78, 5) is 2.92. The van der Waals surface area contributed by atoms with Crippen molar-refractivity contribution in [1.82, 2.24) is 0 Å². The Morgan fingerprint density at radius 3 is 1.61 bits per heavy atom. The fourth-order valence-corrected chi connectivity index (χ4v) is 5.39. The number of rotatable bonds is 0. The normalized spacial score (nSPS) is 11.9. The molecule has 0 aliphatic carbocycles. The molecule has 0 fully saturated rings. The van der Waals surface area contributed by atoms with E-state index in [0.717, 1.165) is 0 Å². The van der Waals surface area contributed by atoms with Gasteiger partial charge < -0.3 is 0 Å². The Labute approximate surface area is 116 Å². The maximum absolute atomic E-state index is 2.28. The predicted molar refractivity (Wildman–Crippen MR) is 85.6 cm³/mol. The second-order valence-corrected chi connectivity index (χ2v) is 7.67. The van der Waals surface area contributed by atoms with Gasteiger partial charge in [0.2, 0.25) is 0 Å². The number of aryl methyl sites for hydroxylation is 6. The van der Waals surface area contributed by atoms with Crippen LogP contribution in [0.4, 0.5) is 0 Å². The lowest BCUT2D eigenvalue weighted by atomic mass is 9.98. The average Bonchev–Trinajstić information content (AvgIpc) is 2.77. The van der Waals surface area contributed by atoms with Crippen LogP contribution >= 0.6 is 22.7 Å². The SMILES string of the molecule is Cc1sc2c(c1C)c(C)c(C)c1sc(C)c(C)c12. The average molecular weight is 274 g/mol. The molecule has 3 aromatic rings. The molecular weight excluding hydrogens is 256 g/mol. The van der Waals surface area contributed by atoms with E-state index in [9.17, 15) is 0 Å². The molecule has 18 heavy (non-hydrogen) atoms. The molecule has 0 saturated heterocycles. The summed E-state index contributed by atoms with van der Waals surface area (Å²) in [6.07, 6.45) is 0. The fourth-order valence-electron chi connectivity index (χ4n) is 2.78. The Bertz CT molecular complexity index is 785. The summed E-state index contributed by atoms with van der Waals surface area (Å²) in [5, 5.41) is 3.01. The number of benzene rings is 1. The van der Waals surface area contributed by atoms with Crippen molar-refractivity contribution >= 4 is 42.8 Å². The monoisotopic (exact) mass is 274 g/mol. The molecule has 0 bridgehead atoms. The first-order valence-corrected chi connectivity index (χ1v) is 7.95. The van der Waals surface area contributed by atoms with Crippen molar-refractivity contribution in [2.75, 3.05) is 0 Å². The molecule has 0 saturated carbocycles. The summed E-state index contributed by atoms with van der Waals surface area (Å²) in [7, 11) is 0. The fraction of sp³-hybridized carbons (Fsp3) is 0.375. The summed E-state index contributed by atoms with van der Waals surface area (Å²) < 4.78 is 3.00. The summed E-state index contributed by atoms with van der Waals surface area (Å²) in [5.41, 5.74) is 5.89. The van der Waals surface area contributed by atoms with Crippen LogP contribution in [0.15, 0.2) is 0 Å². The number of fused-ring (bicyclic) bond motifs is 3. The minimum Gasteiger partial charge on any atom is -0.140 e. The van der Waals surface area contributed by atoms with Crippen molar-refractivity contribution in [2.45, 2.75) is 41.5 Å². The molecule has 0 amide bonds. The first kappa shape index (κ1) is 12.2. The van der Waals surface area contributed by atoms with Crippen molar-refractivity contribution in [2.24, 2.45) is 0 Å². The molecule has 0 nitrogen and oxygen atoms in total. The zero-order chi connectivity index (χ0) is 13.2. The Morgan fingerprint density at radius 1 is 0.500 bits per heavy atom. The summed E-state index contributed by atoms with van der Waals surface area (Å²) in [5.74, 6) is 0. The lowest BCUT2D eigenvalue weighted by molar-refractivity contribution is 1.39. The molecule has 0 atom stereocenters. The number of hydrogen-bond acceptors (Lipinski definition) is 2. The van der Waals surface area contributed by atoms with E-state index in [0.29, 0.717) is 0 Å². The smallest absolute Gasteiger partial charge is 0.0440 e. The van der Waals surface area contributed by atoms with Gasteiger partial charge in [-0.3, -0.25) is 0 Å². The minimum atomic E-state index is 1.46. The molecule has 0 aliphatic heterocycles. The highest BCUT2D eigenvalue weighted by atomic mass is 32.1. The largest absolute Gasteiger partial charge is 0.140 e. The number of thiophene rings is 2. The quantitative estimate of drug-likeness (QED) is 0.474. The van der Waals surface area contributed by atoms with Crippen LogP contribution in [-0.2, 0) is 0 Å². The highest BCUT2D eigenvalue weighted by Gasteiger charge is 2.18. The zero-order valence-corrected chi connectivity index (χ0v) is 13.4. The third-order valence-electron chi connectivity index (χ3n) is 4.28. The van der Waals surface area contributed by atoms with E-state index in [4.69, 9.17) is 0 Å². The van der Waals surface area contributed by atoms with Crippen molar-refractivity contribution in [1.29, 1.82) is 0 Å². The van der Waals surface area contributed by atoms with Crippen LogP contribution in [-0.4, -0.2) is 0 Å². The van der Waals surface area contributed by atoms with E-state index >= 15 is 0 Å². The molecule has 3 rings (SSSR count). The summed E-state index contributed by atoms with van der Waals surface area (Å²) in [6, 6.07) is 0. The second kappa shape index (κ2) is 3.82. The molecular formula is C16H18S2. The van der Waals surface area contributed by atoms with Crippen molar-refractivity contribution in [3.63, 3.8) is 0 Å². The standard InChI is InChI=1S/C16H18S2/c1-7-8(2)15-14(10(4)12(6)17-15)16-13(7)9(3)11(5)18-16/h1-6H3. The minimum absolute atomic E-state index is 1.46. The van der Waals surface area contributed by atoms with Crippen LogP contribution in [0.3, 0.4) is 0 Å². The van der Waals surface area contributed by atoms with Gasteiger partial charge in [0, 0.05) is 24.5 Å². The van der Waals surface area contributed by atoms with Crippen LogP contribution in [0.1, 0.15) is 32.0 Å². The van der Waals surface area contributed by atoms with Crippen LogP contribution in [0.25, 0.3) is 20.2 Å². The molecule has 94 valence electrons. The highest BCUT2D eigenvalue weighted by molar-refractivity contribution is 7.23. The molecule has 1 aromatic carbocycles. The molecule has 2 heteroatoms. The van der Waals surface area contributed by atoms with Crippen molar-refractivity contribution < 1.29 is 0 Å². The third kappa shape index (κ3) is 1.36. The van der Waals surface area contributed by atoms with E-state index in [1.54, 1.807) is 0 Å². The lowest BCUT2D eigenvalue weighted by Gasteiger charge is -2.06. The van der Waals surface area contributed by atoms with E-state index in [1.165, 1.54) is 52.2 Å². The predicted octanol–water partition coefficient (Wildman–Crippen LogP) is 5.97. The van der Waals surface area contributed by atoms with E-state index in [2.05, 4.69) is 41.5 Å². The highest BCUT2D eigenvalue weighted by Crippen LogP contribution is 2.44. The second-order valence-electron chi connectivity index (χ2n) is 5.22.